The molecule has 4 N–H and O–H groups in total. The van der Waals surface area contributed by atoms with Gasteiger partial charge in [-0.3, -0.25) is 4.98 Å². The zero-order valence-electron chi connectivity index (χ0n) is 51.0. The van der Waals surface area contributed by atoms with Crippen molar-refractivity contribution in [3.63, 3.8) is 0 Å². The summed E-state index contributed by atoms with van der Waals surface area (Å²) in [5.41, 5.74) is -6.12. The summed E-state index contributed by atoms with van der Waals surface area (Å²) in [7, 11) is 6.48. The zero-order valence-corrected chi connectivity index (χ0v) is 51.0. The van der Waals surface area contributed by atoms with E-state index in [1.165, 1.54) is 18.5 Å². The molecule has 0 radical (unpaired) electrons. The highest BCUT2D eigenvalue weighted by Gasteiger charge is 2.81. The van der Waals surface area contributed by atoms with Crippen molar-refractivity contribution in [2.24, 2.45) is 16.7 Å². The van der Waals surface area contributed by atoms with E-state index in [9.17, 15) is 30.0 Å². The lowest BCUT2D eigenvalue weighted by Gasteiger charge is -2.67. The van der Waals surface area contributed by atoms with Crippen LogP contribution >= 0.6 is 0 Å². The number of esters is 2. The molecular formula is C64H91NO20. The molecule has 1 aromatic carbocycles. The number of aliphatic hydroxyl groups excluding tert-OH is 1. The lowest BCUT2D eigenvalue weighted by Crippen LogP contribution is -2.78. The quantitative estimate of drug-likeness (QED) is 0.0727. The molecule has 21 heteroatoms. The van der Waals surface area contributed by atoms with E-state index in [4.69, 9.17) is 66.3 Å². The van der Waals surface area contributed by atoms with Gasteiger partial charge in [0.15, 0.2) is 25.2 Å². The fourth-order valence-electron chi connectivity index (χ4n) is 15.9. The number of hydrogen-bond donors (Lipinski definition) is 4. The molecular weight excluding hydrogens is 1100 g/mol. The number of nitrogens with zero attached hydrogens (tertiary/aromatic N) is 1. The minimum absolute atomic E-state index is 0.0516. The summed E-state index contributed by atoms with van der Waals surface area (Å²) in [6.45, 7) is 12.9. The largest absolute Gasteiger partial charge is 0.458 e. The number of hydrogen-bond acceptors (Lipinski definition) is 21. The molecule has 3 saturated carbocycles. The first-order chi connectivity index (χ1) is 40.5. The molecule has 472 valence electrons. The summed E-state index contributed by atoms with van der Waals surface area (Å²) >= 11 is 0. The number of aliphatic hydroxyl groups is 4. The normalized spacial score (nSPS) is 45.0. The van der Waals surface area contributed by atoms with Gasteiger partial charge in [-0.05, 0) is 109 Å². The summed E-state index contributed by atoms with van der Waals surface area (Å²) in [6, 6.07) is 12.5. The smallest absolute Gasteiger partial charge is 0.340 e. The highest BCUT2D eigenvalue weighted by atomic mass is 16.8. The second kappa shape index (κ2) is 25.9. The lowest BCUT2D eigenvalue weighted by atomic mass is 9.42. The van der Waals surface area contributed by atoms with Gasteiger partial charge in [-0.1, -0.05) is 55.8 Å². The Morgan fingerprint density at radius 1 is 0.682 bits per heavy atom. The summed E-state index contributed by atoms with van der Waals surface area (Å²) < 4.78 is 88.0. The molecule has 2 aromatic rings. The Labute approximate surface area is 499 Å². The summed E-state index contributed by atoms with van der Waals surface area (Å²) in [5.74, 6) is -2.01. The van der Waals surface area contributed by atoms with E-state index in [2.05, 4.69) is 11.9 Å². The van der Waals surface area contributed by atoms with Gasteiger partial charge in [0.25, 0.3) is 0 Å². The Morgan fingerprint density at radius 3 is 1.76 bits per heavy atom. The third kappa shape index (κ3) is 12.1. The van der Waals surface area contributed by atoms with Crippen LogP contribution in [0.2, 0.25) is 0 Å². The molecule has 7 fully saturated rings. The van der Waals surface area contributed by atoms with Gasteiger partial charge in [0.2, 0.25) is 0 Å². The third-order valence-electron chi connectivity index (χ3n) is 20.9. The van der Waals surface area contributed by atoms with Crippen LogP contribution in [-0.4, -0.2) is 199 Å². The maximum atomic E-state index is 14.0. The first kappa shape index (κ1) is 64.1. The van der Waals surface area contributed by atoms with Crippen molar-refractivity contribution in [2.45, 2.75) is 253 Å². The van der Waals surface area contributed by atoms with Gasteiger partial charge >= 0.3 is 11.9 Å². The highest BCUT2D eigenvalue weighted by Crippen LogP contribution is 2.71. The molecule has 4 saturated heterocycles. The second-order valence-corrected chi connectivity index (χ2v) is 25.4. The Kier molecular flexibility index (Phi) is 19.6. The van der Waals surface area contributed by atoms with Crippen LogP contribution < -0.4 is 0 Å². The first-order valence-corrected chi connectivity index (χ1v) is 30.5. The fourth-order valence-corrected chi connectivity index (χ4v) is 15.9. The van der Waals surface area contributed by atoms with Gasteiger partial charge in [-0.25, -0.2) is 9.59 Å². The van der Waals surface area contributed by atoms with Crippen LogP contribution in [0.25, 0.3) is 6.08 Å². The molecule has 0 amide bonds. The number of fused-ring (bicyclic) bond motifs is 5. The SMILES string of the molecule is CO[C@H]1C[C@H](O[C@@H]2[C@@H](C)O[C@@H](O[C@@H]3[C@@H](C)O[C@@H](O[C@H]4[C@@H](OC)C[C@H](O[C@H]5CC[C@@]6(C)C(=CC[C@]7(O)[C@@H]6C[C@@H](OC(=O)C=Cc6ccccc6)[C@@]6(C)[C@]7(O)CC[C@@]6(O)[C@H](C)OC(=O)c6cccnc6)C5)O[C@@H]4C)C[C@H]3OC)C[C@H]2OC)O[C@H](C)[C@H]1O. The minimum atomic E-state index is -2.01. The number of benzene rings is 1. The Bertz CT molecular complexity index is 2650. The van der Waals surface area contributed by atoms with Crippen LogP contribution in [0.15, 0.2) is 72.6 Å². The molecule has 25 atom stereocenters. The van der Waals surface area contributed by atoms with Crippen LogP contribution in [0.5, 0.6) is 0 Å². The molecule has 1 aromatic heterocycles. The number of pyridine rings is 1. The van der Waals surface area contributed by atoms with Gasteiger partial charge in [0.05, 0.1) is 65.9 Å². The molecule has 4 aliphatic heterocycles. The Hall–Kier alpha value is -3.85. The molecule has 5 heterocycles. The minimum Gasteiger partial charge on any atom is -0.458 e. The van der Waals surface area contributed by atoms with Crippen LogP contribution in [-0.2, 0) is 71.1 Å². The van der Waals surface area contributed by atoms with Crippen molar-refractivity contribution < 1.29 is 96.3 Å². The average Bonchev–Trinajstić information content (AvgIpc) is 1.62. The van der Waals surface area contributed by atoms with Gasteiger partial charge in [0.1, 0.15) is 53.4 Å². The van der Waals surface area contributed by atoms with Crippen molar-refractivity contribution in [2.75, 3.05) is 28.4 Å². The summed E-state index contributed by atoms with van der Waals surface area (Å²) in [5, 5.41) is 50.3. The number of rotatable bonds is 18. The summed E-state index contributed by atoms with van der Waals surface area (Å²) in [4.78, 5) is 31.5. The van der Waals surface area contributed by atoms with Crippen LogP contribution in [0.1, 0.15) is 135 Å². The van der Waals surface area contributed by atoms with Crippen LogP contribution in [0.4, 0.5) is 0 Å². The molecule has 0 unspecified atom stereocenters. The van der Waals surface area contributed by atoms with Gasteiger partial charge in [-0.2, -0.15) is 0 Å². The van der Waals surface area contributed by atoms with Gasteiger partial charge in [0, 0.05) is 78.5 Å². The predicted molar refractivity (Wildman–Crippen MR) is 304 cm³/mol. The number of ether oxygens (including phenoxy) is 14. The molecule has 21 nitrogen and oxygen atoms in total. The second-order valence-electron chi connectivity index (χ2n) is 25.4. The van der Waals surface area contributed by atoms with E-state index < -0.39 is 150 Å². The molecule has 8 aliphatic rings. The van der Waals surface area contributed by atoms with Gasteiger partial charge in [-0.15, -0.1) is 0 Å². The zero-order chi connectivity index (χ0) is 60.8. The number of carbonyl (C=O) groups excluding carboxylic acids is 2. The third-order valence-corrected chi connectivity index (χ3v) is 20.9. The monoisotopic (exact) mass is 1190 g/mol. The standard InChI is InChI=1S/C64H91NO20/c1-35-55(67)44(72-8)29-52(76-35)83-57-37(3)78-54(31-46(57)74-10)85-58-38(4)79-53(32-47(58)75-11)84-56-36(2)77-51(30-45(56)73-9)81-43-22-23-60(6)42(28-43)21-24-63(70)48(60)33-49(82-50(66)20-19-40-16-13-12-14-17-40)61(7)62(69,25-26-64(61,63)71)39(5)80-59(68)41-18-15-27-65-34-41/h12-21,27,34-39,43-49,51-58,67,69-71H,22-26,28-33H2,1-11H3/t35-,36-,37-,38-,39+,43+,44+,45+,46-,47-,48-,49-,51+,52+,53+,54+,55-,56-,57-,58-,60+,61-,62-,63+,64-/m1/s1. The predicted octanol–water partition coefficient (Wildman–Crippen LogP) is 6.29. The number of methoxy groups -OCH3 is 4. The van der Waals surface area contributed by atoms with E-state index in [0.29, 0.717) is 44.9 Å². The Balaban J connectivity index is 0.776. The van der Waals surface area contributed by atoms with E-state index >= 15 is 0 Å². The van der Waals surface area contributed by atoms with Crippen LogP contribution in [0.3, 0.4) is 0 Å². The van der Waals surface area contributed by atoms with Crippen molar-refractivity contribution in [1.82, 2.24) is 4.98 Å². The molecule has 4 aliphatic carbocycles. The molecule has 85 heavy (non-hydrogen) atoms. The Morgan fingerprint density at radius 2 is 1.22 bits per heavy atom. The molecule has 0 bridgehead atoms. The maximum absolute atomic E-state index is 14.0. The number of aromatic nitrogens is 1. The molecule has 10 rings (SSSR count). The van der Waals surface area contributed by atoms with E-state index in [1.807, 2.05) is 57.2 Å². The fraction of sp³-hybridized carbons (Fsp3) is 0.734. The van der Waals surface area contributed by atoms with E-state index in [0.717, 1.165) is 11.1 Å². The van der Waals surface area contributed by atoms with Crippen molar-refractivity contribution in [3.8, 4) is 0 Å². The topological polar surface area (TPSA) is 257 Å². The average molecular weight is 1190 g/mol. The molecule has 0 spiro atoms. The van der Waals surface area contributed by atoms with Crippen molar-refractivity contribution in [3.05, 3.63) is 83.7 Å². The van der Waals surface area contributed by atoms with Gasteiger partial charge < -0.3 is 86.7 Å². The van der Waals surface area contributed by atoms with E-state index in [1.54, 1.807) is 67.4 Å². The summed E-state index contributed by atoms with van der Waals surface area (Å²) in [6.07, 6.45) is 0.219. The number of carbonyl (C=O) groups is 2. The highest BCUT2D eigenvalue weighted by molar-refractivity contribution is 5.89. The van der Waals surface area contributed by atoms with Crippen molar-refractivity contribution >= 4 is 18.0 Å². The van der Waals surface area contributed by atoms with Crippen molar-refractivity contribution in [1.29, 1.82) is 0 Å². The maximum Gasteiger partial charge on any atom is 0.340 e. The van der Waals surface area contributed by atoms with E-state index in [-0.39, 0.29) is 43.5 Å². The van der Waals surface area contributed by atoms with Crippen LogP contribution in [0, 0.1) is 16.7 Å². The first-order valence-electron chi connectivity index (χ1n) is 30.5. The lowest BCUT2D eigenvalue weighted by molar-refractivity contribution is -0.347.